The number of rotatable bonds is 6. The van der Waals surface area contributed by atoms with Crippen molar-refractivity contribution >= 4 is 0 Å². The van der Waals surface area contributed by atoms with Crippen molar-refractivity contribution in [2.75, 3.05) is 6.54 Å². The molecule has 2 nitrogen and oxygen atoms in total. The quantitative estimate of drug-likeness (QED) is 0.680. The third kappa shape index (κ3) is 3.83. The molecular formula is C19H19NO. The molecule has 21 heavy (non-hydrogen) atoms. The fourth-order valence-electron chi connectivity index (χ4n) is 2.39. The van der Waals surface area contributed by atoms with E-state index >= 15 is 0 Å². The Morgan fingerprint density at radius 2 is 1.67 bits per heavy atom. The van der Waals surface area contributed by atoms with Gasteiger partial charge in [-0.3, -0.25) is 0 Å². The normalized spacial score (nSPS) is 10.7. The smallest absolute Gasteiger partial charge is 0.133 e. The number of furan rings is 1. The minimum atomic E-state index is 0.876. The van der Waals surface area contributed by atoms with Gasteiger partial charge in [0.05, 0.1) is 6.26 Å². The highest BCUT2D eigenvalue weighted by Crippen LogP contribution is 2.20. The third-order valence-corrected chi connectivity index (χ3v) is 3.50. The molecule has 0 atom stereocenters. The minimum Gasteiger partial charge on any atom is -0.464 e. The van der Waals surface area contributed by atoms with Gasteiger partial charge in [0.25, 0.3) is 0 Å². The van der Waals surface area contributed by atoms with Crippen LogP contribution in [0.1, 0.15) is 11.1 Å². The maximum atomic E-state index is 5.44. The van der Waals surface area contributed by atoms with E-state index in [1.807, 2.05) is 12.1 Å². The molecule has 3 rings (SSSR count). The van der Waals surface area contributed by atoms with Crippen molar-refractivity contribution in [3.8, 4) is 11.3 Å². The van der Waals surface area contributed by atoms with Gasteiger partial charge in [-0.2, -0.15) is 0 Å². The zero-order chi connectivity index (χ0) is 14.3. The van der Waals surface area contributed by atoms with E-state index in [9.17, 15) is 0 Å². The lowest BCUT2D eigenvalue weighted by Gasteiger charge is -2.06. The number of hydrogen-bond acceptors (Lipinski definition) is 2. The van der Waals surface area contributed by atoms with Gasteiger partial charge < -0.3 is 9.73 Å². The summed E-state index contributed by atoms with van der Waals surface area (Å²) in [5, 5.41) is 3.49. The van der Waals surface area contributed by atoms with Crippen molar-refractivity contribution in [3.05, 3.63) is 84.1 Å². The van der Waals surface area contributed by atoms with Crippen molar-refractivity contribution in [2.24, 2.45) is 0 Å². The molecule has 0 saturated carbocycles. The van der Waals surface area contributed by atoms with E-state index in [-0.39, 0.29) is 0 Å². The molecule has 0 aliphatic rings. The summed E-state index contributed by atoms with van der Waals surface area (Å²) in [6.07, 6.45) is 2.76. The number of hydrogen-bond donors (Lipinski definition) is 1. The molecule has 0 aliphatic carbocycles. The Morgan fingerprint density at radius 3 is 2.48 bits per heavy atom. The predicted molar refractivity (Wildman–Crippen MR) is 86.0 cm³/mol. The van der Waals surface area contributed by atoms with Crippen LogP contribution < -0.4 is 5.32 Å². The van der Waals surface area contributed by atoms with Gasteiger partial charge in [0, 0.05) is 12.1 Å². The summed E-state index contributed by atoms with van der Waals surface area (Å²) >= 11 is 0. The highest BCUT2D eigenvalue weighted by molar-refractivity contribution is 5.58. The number of benzene rings is 2. The molecule has 0 unspecified atom stereocenters. The molecule has 2 heteroatoms. The minimum absolute atomic E-state index is 0.876. The summed E-state index contributed by atoms with van der Waals surface area (Å²) in [6, 6.07) is 22.9. The summed E-state index contributed by atoms with van der Waals surface area (Å²) in [6.45, 7) is 1.86. The molecule has 0 bridgehead atoms. The Bertz CT molecular complexity index is 659. The van der Waals surface area contributed by atoms with Crippen LogP contribution in [0.25, 0.3) is 11.3 Å². The molecular weight excluding hydrogens is 258 g/mol. The first-order valence-corrected chi connectivity index (χ1v) is 7.29. The third-order valence-electron chi connectivity index (χ3n) is 3.50. The molecule has 1 aromatic heterocycles. The average molecular weight is 277 g/mol. The lowest BCUT2D eigenvalue weighted by atomic mass is 10.1. The van der Waals surface area contributed by atoms with Gasteiger partial charge in [0.2, 0.25) is 0 Å². The topological polar surface area (TPSA) is 25.2 Å². The van der Waals surface area contributed by atoms with E-state index in [0.29, 0.717) is 0 Å². The maximum Gasteiger partial charge on any atom is 0.133 e. The molecule has 3 aromatic rings. The standard InChI is InChI=1S/C19H19NO/c1-2-6-16(7-3-1)11-12-20-15-17-8-4-9-18(14-17)19-10-5-13-21-19/h1-10,13-14,20H,11-12,15H2. The lowest BCUT2D eigenvalue weighted by molar-refractivity contribution is 0.582. The van der Waals surface area contributed by atoms with Gasteiger partial charge >= 0.3 is 0 Å². The van der Waals surface area contributed by atoms with Crippen molar-refractivity contribution in [1.29, 1.82) is 0 Å². The van der Waals surface area contributed by atoms with Crippen LogP contribution in [0.4, 0.5) is 0 Å². The van der Waals surface area contributed by atoms with Gasteiger partial charge in [0.1, 0.15) is 5.76 Å². The summed E-state index contributed by atoms with van der Waals surface area (Å²) < 4.78 is 5.44. The van der Waals surface area contributed by atoms with Crippen LogP contribution in [-0.2, 0) is 13.0 Å². The van der Waals surface area contributed by atoms with Crippen LogP contribution in [0.5, 0.6) is 0 Å². The Labute approximate surface area is 125 Å². The van der Waals surface area contributed by atoms with Crippen LogP contribution in [0.15, 0.2) is 77.4 Å². The Hall–Kier alpha value is -2.32. The van der Waals surface area contributed by atoms with Crippen molar-refractivity contribution in [1.82, 2.24) is 5.32 Å². The fraction of sp³-hybridized carbons (Fsp3) is 0.158. The average Bonchev–Trinajstić information content (AvgIpc) is 3.07. The van der Waals surface area contributed by atoms with Gasteiger partial charge in [-0.1, -0.05) is 48.5 Å². The molecule has 106 valence electrons. The van der Waals surface area contributed by atoms with Gasteiger partial charge in [-0.05, 0) is 42.3 Å². The summed E-state index contributed by atoms with van der Waals surface area (Å²) in [7, 11) is 0. The van der Waals surface area contributed by atoms with Crippen LogP contribution in [0.3, 0.4) is 0 Å². The molecule has 0 aliphatic heterocycles. The van der Waals surface area contributed by atoms with Crippen LogP contribution in [0.2, 0.25) is 0 Å². The molecule has 0 amide bonds. The highest BCUT2D eigenvalue weighted by Gasteiger charge is 2.01. The first kappa shape index (κ1) is 13.7. The van der Waals surface area contributed by atoms with Crippen molar-refractivity contribution < 1.29 is 4.42 Å². The highest BCUT2D eigenvalue weighted by atomic mass is 16.3. The predicted octanol–water partition coefficient (Wildman–Crippen LogP) is 4.28. The first-order valence-electron chi connectivity index (χ1n) is 7.29. The van der Waals surface area contributed by atoms with Crippen molar-refractivity contribution in [2.45, 2.75) is 13.0 Å². The Morgan fingerprint density at radius 1 is 0.810 bits per heavy atom. The molecule has 0 spiro atoms. The van der Waals surface area contributed by atoms with Gasteiger partial charge in [-0.25, -0.2) is 0 Å². The van der Waals surface area contributed by atoms with Crippen molar-refractivity contribution in [3.63, 3.8) is 0 Å². The second-order valence-electron chi connectivity index (χ2n) is 5.09. The second kappa shape index (κ2) is 6.91. The van der Waals surface area contributed by atoms with Crippen LogP contribution in [0, 0.1) is 0 Å². The van der Waals surface area contributed by atoms with Gasteiger partial charge in [0.15, 0.2) is 0 Å². The Kier molecular flexibility index (Phi) is 4.49. The van der Waals surface area contributed by atoms with Crippen LogP contribution >= 0.6 is 0 Å². The summed E-state index contributed by atoms with van der Waals surface area (Å²) in [5.74, 6) is 0.918. The molecule has 0 fully saturated rings. The van der Waals surface area contributed by atoms with Gasteiger partial charge in [-0.15, -0.1) is 0 Å². The molecule has 1 heterocycles. The molecule has 0 radical (unpaired) electrons. The maximum absolute atomic E-state index is 5.44. The molecule has 0 saturated heterocycles. The first-order chi connectivity index (χ1) is 10.4. The lowest BCUT2D eigenvalue weighted by Crippen LogP contribution is -2.16. The summed E-state index contributed by atoms with van der Waals surface area (Å²) in [5.41, 5.74) is 3.77. The zero-order valence-electron chi connectivity index (χ0n) is 12.0. The van der Waals surface area contributed by atoms with Crippen LogP contribution in [-0.4, -0.2) is 6.54 Å². The molecule has 1 N–H and O–H groups in total. The van der Waals surface area contributed by atoms with E-state index in [2.05, 4.69) is 59.9 Å². The van der Waals surface area contributed by atoms with E-state index < -0.39 is 0 Å². The monoisotopic (exact) mass is 277 g/mol. The zero-order valence-corrected chi connectivity index (χ0v) is 12.0. The van der Waals surface area contributed by atoms with E-state index in [4.69, 9.17) is 4.42 Å². The number of nitrogens with one attached hydrogen (secondary N) is 1. The van der Waals surface area contributed by atoms with E-state index in [1.54, 1.807) is 6.26 Å². The van der Waals surface area contributed by atoms with E-state index in [1.165, 1.54) is 11.1 Å². The molecule has 2 aromatic carbocycles. The summed E-state index contributed by atoms with van der Waals surface area (Å²) in [4.78, 5) is 0. The fourth-order valence-corrected chi connectivity index (χ4v) is 2.39. The Balaban J connectivity index is 1.53. The SMILES string of the molecule is c1ccc(CCNCc2cccc(-c3ccco3)c2)cc1. The second-order valence-corrected chi connectivity index (χ2v) is 5.09. The largest absolute Gasteiger partial charge is 0.464 e. The van der Waals surface area contributed by atoms with E-state index in [0.717, 1.165) is 30.8 Å².